The molecule has 0 atom stereocenters. The van der Waals surface area contributed by atoms with Gasteiger partial charge in [-0.3, -0.25) is 4.79 Å². The first-order valence-electron chi connectivity index (χ1n) is 4.83. The summed E-state index contributed by atoms with van der Waals surface area (Å²) in [6, 6.07) is 5.36. The molecule has 2 aromatic heterocycles. The van der Waals surface area contributed by atoms with E-state index in [4.69, 9.17) is 0 Å². The van der Waals surface area contributed by atoms with Gasteiger partial charge in [-0.25, -0.2) is 9.97 Å². The first-order chi connectivity index (χ1) is 7.66. The lowest BCUT2D eigenvalue weighted by molar-refractivity contribution is 0.102. The monoisotopic (exact) mass is 233 g/mol. The molecule has 1 amide bonds. The zero-order valence-electron chi connectivity index (χ0n) is 9.02. The van der Waals surface area contributed by atoms with E-state index < -0.39 is 0 Å². The van der Waals surface area contributed by atoms with E-state index in [2.05, 4.69) is 15.3 Å². The van der Waals surface area contributed by atoms with Gasteiger partial charge in [0.2, 0.25) is 0 Å². The molecule has 0 radical (unpaired) electrons. The highest BCUT2D eigenvalue weighted by Gasteiger charge is 2.12. The van der Waals surface area contributed by atoms with Gasteiger partial charge in [-0.2, -0.15) is 0 Å². The highest BCUT2D eigenvalue weighted by molar-refractivity contribution is 7.13. The Labute approximate surface area is 97.4 Å². The van der Waals surface area contributed by atoms with E-state index in [1.54, 1.807) is 18.3 Å². The molecular weight excluding hydrogens is 222 g/mol. The highest BCUT2D eigenvalue weighted by Crippen LogP contribution is 2.17. The van der Waals surface area contributed by atoms with E-state index in [1.807, 2.05) is 19.9 Å². The van der Waals surface area contributed by atoms with Gasteiger partial charge in [-0.05, 0) is 26.0 Å². The van der Waals surface area contributed by atoms with Crippen molar-refractivity contribution >= 4 is 23.1 Å². The van der Waals surface area contributed by atoms with Crippen molar-refractivity contribution in [2.24, 2.45) is 0 Å². The van der Waals surface area contributed by atoms with Crippen molar-refractivity contribution in [3.63, 3.8) is 0 Å². The number of rotatable bonds is 2. The Balaban J connectivity index is 2.15. The van der Waals surface area contributed by atoms with Gasteiger partial charge >= 0.3 is 0 Å². The molecule has 0 bridgehead atoms. The van der Waals surface area contributed by atoms with E-state index in [0.717, 1.165) is 10.6 Å². The average Bonchev–Trinajstić information content (AvgIpc) is 2.61. The zero-order valence-corrected chi connectivity index (χ0v) is 9.84. The molecule has 0 aliphatic heterocycles. The predicted octanol–water partition coefficient (Wildman–Crippen LogP) is 2.41. The minimum absolute atomic E-state index is 0.208. The van der Waals surface area contributed by atoms with Crippen LogP contribution in [0.1, 0.15) is 20.4 Å². The number of carbonyl (C=O) groups is 1. The van der Waals surface area contributed by atoms with E-state index in [-0.39, 0.29) is 5.91 Å². The first-order valence-corrected chi connectivity index (χ1v) is 5.65. The number of aromatic nitrogens is 2. The van der Waals surface area contributed by atoms with Gasteiger partial charge in [-0.1, -0.05) is 6.07 Å². The van der Waals surface area contributed by atoms with E-state index in [0.29, 0.717) is 10.8 Å². The Morgan fingerprint density at radius 1 is 1.38 bits per heavy atom. The minimum Gasteiger partial charge on any atom is -0.304 e. The summed E-state index contributed by atoms with van der Waals surface area (Å²) in [5.41, 5.74) is 0.899. The lowest BCUT2D eigenvalue weighted by Gasteiger charge is -2.00. The summed E-state index contributed by atoms with van der Waals surface area (Å²) in [5, 5.41) is 3.17. The van der Waals surface area contributed by atoms with Crippen LogP contribution in [0.25, 0.3) is 0 Å². The zero-order chi connectivity index (χ0) is 11.5. The molecule has 0 unspecified atom stereocenters. The van der Waals surface area contributed by atoms with Gasteiger partial charge in [0.15, 0.2) is 5.01 Å². The summed E-state index contributed by atoms with van der Waals surface area (Å²) < 4.78 is 0. The second-order valence-corrected chi connectivity index (χ2v) is 4.53. The van der Waals surface area contributed by atoms with Gasteiger partial charge in [0, 0.05) is 11.1 Å². The van der Waals surface area contributed by atoms with Gasteiger partial charge < -0.3 is 5.32 Å². The molecular formula is C11H11N3OS. The molecule has 2 heterocycles. The fourth-order valence-electron chi connectivity index (χ4n) is 1.18. The number of nitrogens with zero attached hydrogens (tertiary/aromatic N) is 2. The van der Waals surface area contributed by atoms with E-state index in [1.165, 1.54) is 11.3 Å². The molecule has 0 aliphatic carbocycles. The third kappa shape index (κ3) is 2.25. The number of anilines is 1. The molecule has 0 aliphatic rings. The lowest BCUT2D eigenvalue weighted by atomic mass is 10.4. The number of pyridine rings is 1. The second kappa shape index (κ2) is 4.40. The summed E-state index contributed by atoms with van der Waals surface area (Å²) in [6.45, 7) is 3.84. The van der Waals surface area contributed by atoms with Crippen molar-refractivity contribution in [1.82, 2.24) is 9.97 Å². The van der Waals surface area contributed by atoms with Crippen LogP contribution in [-0.2, 0) is 0 Å². The molecule has 1 N–H and O–H groups in total. The van der Waals surface area contributed by atoms with Gasteiger partial charge in [0.05, 0.1) is 5.69 Å². The molecule has 82 valence electrons. The summed E-state index contributed by atoms with van der Waals surface area (Å²) in [5.74, 6) is 0.331. The normalized spacial score (nSPS) is 10.1. The molecule has 0 spiro atoms. The Kier molecular flexibility index (Phi) is 2.96. The van der Waals surface area contributed by atoms with Crippen molar-refractivity contribution < 1.29 is 4.79 Å². The van der Waals surface area contributed by atoms with E-state index in [9.17, 15) is 4.79 Å². The fraction of sp³-hybridized carbons (Fsp3) is 0.182. The third-order valence-corrected chi connectivity index (χ3v) is 3.20. The number of nitrogens with one attached hydrogen (secondary N) is 1. The third-order valence-electron chi connectivity index (χ3n) is 2.13. The van der Waals surface area contributed by atoms with Crippen LogP contribution in [0.4, 0.5) is 5.82 Å². The molecule has 4 nitrogen and oxygen atoms in total. The highest BCUT2D eigenvalue weighted by atomic mass is 32.1. The van der Waals surface area contributed by atoms with Crippen molar-refractivity contribution in [1.29, 1.82) is 0 Å². The smallest absolute Gasteiger partial charge is 0.285 e. The maximum absolute atomic E-state index is 11.8. The maximum atomic E-state index is 11.8. The van der Waals surface area contributed by atoms with Crippen LogP contribution in [0.2, 0.25) is 0 Å². The molecule has 0 saturated carbocycles. The van der Waals surface area contributed by atoms with Crippen LogP contribution in [0.5, 0.6) is 0 Å². The number of hydrogen-bond acceptors (Lipinski definition) is 4. The average molecular weight is 233 g/mol. The molecule has 5 heteroatoms. The van der Waals surface area contributed by atoms with Crippen LogP contribution in [0.15, 0.2) is 24.4 Å². The maximum Gasteiger partial charge on any atom is 0.285 e. The molecule has 0 fully saturated rings. The van der Waals surface area contributed by atoms with Crippen molar-refractivity contribution in [3.05, 3.63) is 40.0 Å². The van der Waals surface area contributed by atoms with Crippen molar-refractivity contribution in [2.45, 2.75) is 13.8 Å². The SMILES string of the molecule is Cc1nc(C(=O)Nc2ccccn2)sc1C. The Hall–Kier alpha value is -1.75. The quantitative estimate of drug-likeness (QED) is 0.866. The molecule has 16 heavy (non-hydrogen) atoms. The number of carbonyl (C=O) groups excluding carboxylic acids is 1. The molecule has 0 saturated heterocycles. The topological polar surface area (TPSA) is 54.9 Å². The summed E-state index contributed by atoms with van der Waals surface area (Å²) in [7, 11) is 0. The van der Waals surface area contributed by atoms with Crippen molar-refractivity contribution in [2.75, 3.05) is 5.32 Å². The van der Waals surface area contributed by atoms with Gasteiger partial charge in [0.1, 0.15) is 5.82 Å². The number of hydrogen-bond donors (Lipinski definition) is 1. The largest absolute Gasteiger partial charge is 0.304 e. The molecule has 2 aromatic rings. The standard InChI is InChI=1S/C11H11N3OS/c1-7-8(2)16-11(13-7)10(15)14-9-5-3-4-6-12-9/h3-6H,1-2H3,(H,12,14,15). The number of amides is 1. The van der Waals surface area contributed by atoms with Crippen molar-refractivity contribution in [3.8, 4) is 0 Å². The first kappa shape index (κ1) is 10.8. The van der Waals surface area contributed by atoms with Crippen LogP contribution < -0.4 is 5.32 Å². The van der Waals surface area contributed by atoms with Crippen LogP contribution in [-0.4, -0.2) is 15.9 Å². The number of thiazole rings is 1. The number of aryl methyl sites for hydroxylation is 2. The molecule has 0 aromatic carbocycles. The Bertz CT molecular complexity index is 488. The van der Waals surface area contributed by atoms with Crippen LogP contribution >= 0.6 is 11.3 Å². The summed E-state index contributed by atoms with van der Waals surface area (Å²) >= 11 is 1.39. The fourth-order valence-corrected chi connectivity index (χ4v) is 1.99. The molecule has 2 rings (SSSR count). The predicted molar refractivity (Wildman–Crippen MR) is 63.8 cm³/mol. The summed E-state index contributed by atoms with van der Waals surface area (Å²) in [4.78, 5) is 21.0. The van der Waals surface area contributed by atoms with Gasteiger partial charge in [0.25, 0.3) is 5.91 Å². The summed E-state index contributed by atoms with van der Waals surface area (Å²) in [6.07, 6.45) is 1.63. The van der Waals surface area contributed by atoms with Crippen LogP contribution in [0.3, 0.4) is 0 Å². The minimum atomic E-state index is -0.208. The Morgan fingerprint density at radius 2 is 2.19 bits per heavy atom. The van der Waals surface area contributed by atoms with Crippen LogP contribution in [0, 0.1) is 13.8 Å². The Morgan fingerprint density at radius 3 is 2.75 bits per heavy atom. The second-order valence-electron chi connectivity index (χ2n) is 3.33. The lowest BCUT2D eigenvalue weighted by Crippen LogP contribution is -2.12. The van der Waals surface area contributed by atoms with E-state index >= 15 is 0 Å². The van der Waals surface area contributed by atoms with Gasteiger partial charge in [-0.15, -0.1) is 11.3 Å².